The maximum Gasteiger partial charge on any atom is 0.312 e. The van der Waals surface area contributed by atoms with Crippen LogP contribution in [0.1, 0.15) is 73.1 Å². The van der Waals surface area contributed by atoms with Crippen LogP contribution in [0.5, 0.6) is 0 Å². The van der Waals surface area contributed by atoms with Crippen LogP contribution in [0, 0.1) is 11.3 Å². The highest BCUT2D eigenvalue weighted by Gasteiger charge is 2.33. The molecule has 0 aromatic carbocycles. The van der Waals surface area contributed by atoms with E-state index in [0.29, 0.717) is 43.8 Å². The number of nitrogens with two attached hydrogens (primary N) is 1. The quantitative estimate of drug-likeness (QED) is 0.146. The van der Waals surface area contributed by atoms with Gasteiger partial charge in [0.1, 0.15) is 6.04 Å². The van der Waals surface area contributed by atoms with Crippen molar-refractivity contribution in [2.45, 2.75) is 85.2 Å². The fourth-order valence-corrected chi connectivity index (χ4v) is 4.01. The number of rotatable bonds is 15. The number of urea groups is 1. The standard InChI is InChI=1S/C25H41N5O5S/c1-16(2)21(29-18(36)11-7-6-8-15-30-19(31)12-13-20(30)32)23(34)28-17(22(33)25(3,4)5)10-9-14-27-24(26)35/h12-13,16-17,21H,6-11,14-15H2,1-5H3,(H,28,34)(H,29,36)(H3,26,27,35)/t17-,21-/m0/s1. The second-order valence-corrected chi connectivity index (χ2v) is 10.9. The maximum atomic E-state index is 13.1. The summed E-state index contributed by atoms with van der Waals surface area (Å²) >= 11 is 5.46. The summed E-state index contributed by atoms with van der Waals surface area (Å²) in [5.41, 5.74) is 4.44. The molecule has 0 fully saturated rings. The molecular weight excluding hydrogens is 482 g/mol. The fourth-order valence-electron chi connectivity index (χ4n) is 3.74. The first-order valence-corrected chi connectivity index (χ1v) is 12.9. The number of unbranched alkanes of at least 4 members (excludes halogenated alkanes) is 2. The number of nitrogens with zero attached hydrogens (tertiary/aromatic N) is 1. The van der Waals surface area contributed by atoms with Crippen LogP contribution in [0.15, 0.2) is 12.2 Å². The Morgan fingerprint density at radius 1 is 1.00 bits per heavy atom. The van der Waals surface area contributed by atoms with Gasteiger partial charge in [-0.05, 0) is 38.0 Å². The van der Waals surface area contributed by atoms with Crippen LogP contribution >= 0.6 is 12.2 Å². The Bertz CT molecular complexity index is 847. The molecular formula is C25H41N5O5S. The Balaban J connectivity index is 2.59. The molecule has 11 heteroatoms. The topological polar surface area (TPSA) is 151 Å². The maximum absolute atomic E-state index is 13.1. The van der Waals surface area contributed by atoms with Crippen LogP contribution < -0.4 is 21.7 Å². The summed E-state index contributed by atoms with van der Waals surface area (Å²) < 4.78 is 0. The van der Waals surface area contributed by atoms with E-state index >= 15 is 0 Å². The van der Waals surface area contributed by atoms with Gasteiger partial charge in [0.05, 0.1) is 11.0 Å². The number of carbonyl (C=O) groups excluding carboxylic acids is 5. The van der Waals surface area contributed by atoms with Crippen molar-refractivity contribution in [1.29, 1.82) is 0 Å². The van der Waals surface area contributed by atoms with E-state index in [4.69, 9.17) is 18.0 Å². The third kappa shape index (κ3) is 10.8. The molecule has 0 aromatic rings. The second kappa shape index (κ2) is 14.7. The van der Waals surface area contributed by atoms with Gasteiger partial charge in [-0.3, -0.25) is 24.1 Å². The van der Waals surface area contributed by atoms with Crippen molar-refractivity contribution in [2.24, 2.45) is 17.1 Å². The predicted molar refractivity (Wildman–Crippen MR) is 142 cm³/mol. The molecule has 202 valence electrons. The largest absolute Gasteiger partial charge is 0.368 e. The van der Waals surface area contributed by atoms with Crippen LogP contribution in [0.4, 0.5) is 4.79 Å². The summed E-state index contributed by atoms with van der Waals surface area (Å²) in [5.74, 6) is -1.04. The number of ketones is 1. The molecule has 0 bridgehead atoms. The Hall–Kier alpha value is -2.82. The SMILES string of the molecule is CC(C)[C@H](NC(=S)CCCCCN1C(=O)C=CC1=O)C(=O)N[C@@H](CCCNC(N)=O)C(=O)C(C)(C)C. The van der Waals surface area contributed by atoms with Gasteiger partial charge in [-0.15, -0.1) is 0 Å². The van der Waals surface area contributed by atoms with Crippen molar-refractivity contribution < 1.29 is 24.0 Å². The molecule has 0 aliphatic carbocycles. The lowest BCUT2D eigenvalue weighted by atomic mass is 9.84. The van der Waals surface area contributed by atoms with Gasteiger partial charge in [-0.1, -0.05) is 53.3 Å². The Morgan fingerprint density at radius 3 is 2.14 bits per heavy atom. The summed E-state index contributed by atoms with van der Waals surface area (Å²) in [6.45, 7) is 9.89. The van der Waals surface area contributed by atoms with E-state index in [1.807, 2.05) is 13.8 Å². The average molecular weight is 524 g/mol. The Morgan fingerprint density at radius 2 is 1.61 bits per heavy atom. The number of hydrogen-bond acceptors (Lipinski definition) is 6. The minimum atomic E-state index is -0.700. The lowest BCUT2D eigenvalue weighted by Gasteiger charge is -2.29. The molecule has 10 nitrogen and oxygen atoms in total. The van der Waals surface area contributed by atoms with Crippen LogP contribution in [0.3, 0.4) is 0 Å². The molecule has 36 heavy (non-hydrogen) atoms. The van der Waals surface area contributed by atoms with Crippen molar-refractivity contribution in [1.82, 2.24) is 20.9 Å². The summed E-state index contributed by atoms with van der Waals surface area (Å²) in [4.78, 5) is 61.9. The van der Waals surface area contributed by atoms with Crippen LogP contribution in [0.25, 0.3) is 0 Å². The number of carbonyl (C=O) groups is 5. The molecule has 1 aliphatic heterocycles. The molecule has 0 unspecified atom stereocenters. The van der Waals surface area contributed by atoms with Gasteiger partial charge < -0.3 is 21.7 Å². The summed E-state index contributed by atoms with van der Waals surface area (Å²) in [6, 6.07) is -1.94. The van der Waals surface area contributed by atoms with Crippen molar-refractivity contribution in [3.05, 3.63) is 12.2 Å². The highest BCUT2D eigenvalue weighted by molar-refractivity contribution is 7.80. The minimum Gasteiger partial charge on any atom is -0.368 e. The van der Waals surface area contributed by atoms with Crippen LogP contribution in [-0.2, 0) is 19.2 Å². The summed E-state index contributed by atoms with van der Waals surface area (Å²) in [5, 5.41) is 8.51. The number of Topliss-reactive ketones (excluding diaryl/α,β-unsaturated/α-hetero) is 1. The molecule has 0 saturated carbocycles. The van der Waals surface area contributed by atoms with Gasteiger partial charge >= 0.3 is 6.03 Å². The molecule has 1 rings (SSSR count). The van der Waals surface area contributed by atoms with E-state index < -0.39 is 23.5 Å². The zero-order chi connectivity index (χ0) is 27.5. The van der Waals surface area contributed by atoms with Gasteiger partial charge in [0.2, 0.25) is 5.91 Å². The van der Waals surface area contributed by atoms with Gasteiger partial charge in [-0.25, -0.2) is 4.79 Å². The van der Waals surface area contributed by atoms with Crippen LogP contribution in [-0.4, -0.2) is 64.6 Å². The van der Waals surface area contributed by atoms with Crippen molar-refractivity contribution >= 4 is 46.7 Å². The van der Waals surface area contributed by atoms with E-state index in [-0.39, 0.29) is 29.4 Å². The van der Waals surface area contributed by atoms with E-state index in [0.717, 1.165) is 12.8 Å². The Labute approximate surface area is 219 Å². The molecule has 5 N–H and O–H groups in total. The molecule has 0 spiro atoms. The number of thiocarbonyl (C=S) groups is 1. The van der Waals surface area contributed by atoms with E-state index in [1.54, 1.807) is 20.8 Å². The zero-order valence-electron chi connectivity index (χ0n) is 22.0. The monoisotopic (exact) mass is 523 g/mol. The number of primary amides is 1. The molecule has 0 saturated heterocycles. The van der Waals surface area contributed by atoms with Gasteiger partial charge in [-0.2, -0.15) is 0 Å². The number of imide groups is 1. The fraction of sp³-hybridized carbons (Fsp3) is 0.680. The number of amides is 5. The lowest BCUT2D eigenvalue weighted by molar-refractivity contribution is -0.136. The molecule has 2 atom stereocenters. The van der Waals surface area contributed by atoms with E-state index in [1.165, 1.54) is 17.1 Å². The molecule has 5 amide bonds. The highest BCUT2D eigenvalue weighted by Crippen LogP contribution is 2.19. The third-order valence-electron chi connectivity index (χ3n) is 5.79. The van der Waals surface area contributed by atoms with Gasteiger partial charge in [0.15, 0.2) is 5.78 Å². The highest BCUT2D eigenvalue weighted by atomic mass is 32.1. The first-order chi connectivity index (χ1) is 16.7. The molecule has 0 radical (unpaired) electrons. The Kier molecular flexibility index (Phi) is 12.7. The van der Waals surface area contributed by atoms with Gasteiger partial charge in [0, 0.05) is 30.7 Å². The first kappa shape index (κ1) is 31.2. The molecule has 0 aromatic heterocycles. The smallest absolute Gasteiger partial charge is 0.312 e. The van der Waals surface area contributed by atoms with Crippen LogP contribution in [0.2, 0.25) is 0 Å². The van der Waals surface area contributed by atoms with Crippen molar-refractivity contribution in [3.8, 4) is 0 Å². The van der Waals surface area contributed by atoms with Gasteiger partial charge in [0.25, 0.3) is 11.8 Å². The first-order valence-electron chi connectivity index (χ1n) is 12.4. The normalized spacial score (nSPS) is 15.1. The minimum absolute atomic E-state index is 0.0791. The second-order valence-electron chi connectivity index (χ2n) is 10.4. The molecule has 1 aliphatic rings. The van der Waals surface area contributed by atoms with E-state index in [9.17, 15) is 24.0 Å². The van der Waals surface area contributed by atoms with Crippen molar-refractivity contribution in [2.75, 3.05) is 13.1 Å². The summed E-state index contributed by atoms with van der Waals surface area (Å²) in [7, 11) is 0. The lowest BCUT2D eigenvalue weighted by Crippen LogP contribution is -2.54. The number of hydrogen-bond donors (Lipinski definition) is 4. The van der Waals surface area contributed by atoms with Crippen molar-refractivity contribution in [3.63, 3.8) is 0 Å². The molecule has 1 heterocycles. The van der Waals surface area contributed by atoms with E-state index in [2.05, 4.69) is 16.0 Å². The predicted octanol–water partition coefficient (Wildman–Crippen LogP) is 1.96. The zero-order valence-corrected chi connectivity index (χ0v) is 22.8. The average Bonchev–Trinajstić information content (AvgIpc) is 3.09. The summed E-state index contributed by atoms with van der Waals surface area (Å²) in [6.07, 6.45) is 6.17. The number of nitrogens with one attached hydrogen (secondary N) is 3. The third-order valence-corrected chi connectivity index (χ3v) is 6.11.